The van der Waals surface area contributed by atoms with Crippen LogP contribution in [0.1, 0.15) is 34.7 Å². The minimum atomic E-state index is -1.39. The van der Waals surface area contributed by atoms with Gasteiger partial charge in [0.05, 0.1) is 0 Å². The summed E-state index contributed by atoms with van der Waals surface area (Å²) in [6.45, 7) is 2.21. The maximum absolute atomic E-state index is 11.1. The van der Waals surface area contributed by atoms with Gasteiger partial charge < -0.3 is 0 Å². The molecular weight excluding hydrogens is 372 g/mol. The summed E-state index contributed by atoms with van der Waals surface area (Å²) < 4.78 is 0. The van der Waals surface area contributed by atoms with E-state index in [1.54, 1.807) is 18.2 Å². The number of benzene rings is 3. The lowest BCUT2D eigenvalue weighted by Crippen LogP contribution is -2.28. The lowest BCUT2D eigenvalue weighted by molar-refractivity contribution is 0.526. The lowest BCUT2D eigenvalue weighted by Gasteiger charge is -2.33. The predicted octanol–water partition coefficient (Wildman–Crippen LogP) is 5.09. The molecule has 4 nitrogen and oxygen atoms in total. The molecule has 0 spiro atoms. The first kappa shape index (κ1) is 19.5. The van der Waals surface area contributed by atoms with Crippen molar-refractivity contribution < 1.29 is 9.59 Å². The number of hydrogen-bond acceptors (Lipinski definition) is 4. The molecule has 4 rings (SSSR count). The van der Waals surface area contributed by atoms with Gasteiger partial charge in [0.25, 0.3) is 0 Å². The number of fused-ring (bicyclic) bond motifs is 1. The first-order valence-corrected chi connectivity index (χ1v) is 9.74. The van der Waals surface area contributed by atoms with E-state index in [4.69, 9.17) is 0 Å². The largest absolute Gasteiger partial charge is 0.238 e. The van der Waals surface area contributed by atoms with E-state index < -0.39 is 5.66 Å². The van der Waals surface area contributed by atoms with Crippen molar-refractivity contribution in [2.45, 2.75) is 24.4 Å². The second kappa shape index (κ2) is 7.88. The predicted molar refractivity (Wildman–Crippen MR) is 116 cm³/mol. The monoisotopic (exact) mass is 392 g/mol. The molecule has 1 atom stereocenters. The highest BCUT2D eigenvalue weighted by atomic mass is 16.1. The maximum atomic E-state index is 11.1. The Kier molecular flexibility index (Phi) is 5.12. The molecule has 3 aromatic carbocycles. The number of carbonyl (C=O) groups excluding carboxylic acids is 2. The van der Waals surface area contributed by atoms with Crippen LogP contribution in [-0.4, -0.2) is 12.2 Å². The molecule has 0 aromatic heterocycles. The summed E-state index contributed by atoms with van der Waals surface area (Å²) in [4.78, 5) is 29.8. The molecule has 0 amide bonds. The zero-order chi connectivity index (χ0) is 21.0. The molecule has 1 aliphatic rings. The van der Waals surface area contributed by atoms with E-state index in [2.05, 4.69) is 47.2 Å². The number of nitrogens with zero attached hydrogens (tertiary/aromatic N) is 2. The van der Waals surface area contributed by atoms with E-state index >= 15 is 0 Å². The average molecular weight is 392 g/mol. The van der Waals surface area contributed by atoms with Crippen molar-refractivity contribution >= 4 is 18.2 Å². The highest BCUT2D eigenvalue weighted by molar-refractivity contribution is 5.71. The highest BCUT2D eigenvalue weighted by Gasteiger charge is 2.40. The van der Waals surface area contributed by atoms with Gasteiger partial charge >= 0.3 is 0 Å². The molecule has 30 heavy (non-hydrogen) atoms. The van der Waals surface area contributed by atoms with E-state index in [0.717, 1.165) is 17.5 Å². The molecule has 0 fully saturated rings. The van der Waals surface area contributed by atoms with Crippen molar-refractivity contribution in [1.29, 1.82) is 0 Å². The smallest absolute Gasteiger partial charge is 0.211 e. The second-order valence-corrected chi connectivity index (χ2v) is 7.59. The summed E-state index contributed by atoms with van der Waals surface area (Å²) >= 11 is 0. The first-order chi connectivity index (χ1) is 14.6. The van der Waals surface area contributed by atoms with E-state index in [0.29, 0.717) is 5.56 Å². The number of hydrogen-bond donors (Lipinski definition) is 0. The Morgan fingerprint density at radius 1 is 0.833 bits per heavy atom. The van der Waals surface area contributed by atoms with E-state index in [1.165, 1.54) is 11.1 Å². The summed E-state index contributed by atoms with van der Waals surface area (Å²) in [6.07, 6.45) is 7.44. The van der Waals surface area contributed by atoms with E-state index in [1.807, 2.05) is 54.6 Å². The lowest BCUT2D eigenvalue weighted by atomic mass is 9.70. The van der Waals surface area contributed by atoms with Crippen LogP contribution in [0.5, 0.6) is 0 Å². The summed E-state index contributed by atoms with van der Waals surface area (Å²) in [5.74, 6) is 0. The van der Waals surface area contributed by atoms with Crippen molar-refractivity contribution in [3.05, 3.63) is 113 Å². The minimum Gasteiger partial charge on any atom is -0.211 e. The summed E-state index contributed by atoms with van der Waals surface area (Å²) in [5, 5.41) is 0. The summed E-state index contributed by atoms with van der Waals surface area (Å²) in [7, 11) is 0. The Hall–Kier alpha value is -3.84. The number of aliphatic imine (C=N–C) groups is 2. The summed E-state index contributed by atoms with van der Waals surface area (Å²) in [6, 6.07) is 26.5. The van der Waals surface area contributed by atoms with Crippen molar-refractivity contribution in [2.75, 3.05) is 0 Å². The minimum absolute atomic E-state index is 0.357. The quantitative estimate of drug-likeness (QED) is 0.433. The Labute approximate surface area is 175 Å². The highest BCUT2D eigenvalue weighted by Crippen LogP contribution is 2.45. The summed E-state index contributed by atoms with van der Waals surface area (Å²) in [5.41, 5.74) is 3.32. The Morgan fingerprint density at radius 2 is 1.47 bits per heavy atom. The molecule has 1 unspecified atom stereocenters. The van der Waals surface area contributed by atoms with E-state index in [-0.39, 0.29) is 5.41 Å². The Balaban J connectivity index is 1.94. The van der Waals surface area contributed by atoms with Crippen molar-refractivity contribution in [3.63, 3.8) is 0 Å². The molecule has 0 N–H and O–H groups in total. The van der Waals surface area contributed by atoms with Gasteiger partial charge in [-0.05, 0) is 34.8 Å². The fourth-order valence-electron chi connectivity index (χ4n) is 4.36. The third-order valence-electron chi connectivity index (χ3n) is 5.82. The van der Waals surface area contributed by atoms with Gasteiger partial charge in [-0.15, -0.1) is 0 Å². The molecule has 4 heteroatoms. The second-order valence-electron chi connectivity index (χ2n) is 7.59. The number of rotatable bonds is 6. The van der Waals surface area contributed by atoms with Crippen LogP contribution in [0, 0.1) is 0 Å². The zero-order valence-corrected chi connectivity index (χ0v) is 16.6. The van der Waals surface area contributed by atoms with Gasteiger partial charge in [0.2, 0.25) is 17.8 Å². The Bertz CT molecular complexity index is 1170. The van der Waals surface area contributed by atoms with Crippen LogP contribution in [0.25, 0.3) is 6.08 Å². The fraction of sp³-hybridized carbons (Fsp3) is 0.154. The molecule has 146 valence electrons. The molecule has 0 saturated heterocycles. The van der Waals surface area contributed by atoms with Crippen LogP contribution in [0.15, 0.2) is 94.9 Å². The Morgan fingerprint density at radius 3 is 2.10 bits per heavy atom. The third-order valence-corrected chi connectivity index (χ3v) is 5.82. The molecule has 3 aromatic rings. The van der Waals surface area contributed by atoms with Gasteiger partial charge in [-0.25, -0.2) is 9.59 Å². The average Bonchev–Trinajstić information content (AvgIpc) is 3.14. The topological polar surface area (TPSA) is 58.9 Å². The molecule has 0 radical (unpaired) electrons. The van der Waals surface area contributed by atoms with Crippen LogP contribution < -0.4 is 0 Å². The van der Waals surface area contributed by atoms with Crippen molar-refractivity contribution in [3.8, 4) is 0 Å². The van der Waals surface area contributed by atoms with Crippen LogP contribution in [0.2, 0.25) is 0 Å². The maximum Gasteiger partial charge on any atom is 0.238 e. The zero-order valence-electron chi connectivity index (χ0n) is 16.6. The molecule has 1 aliphatic carbocycles. The molecule has 0 bridgehead atoms. The third kappa shape index (κ3) is 3.25. The fourth-order valence-corrected chi connectivity index (χ4v) is 4.36. The van der Waals surface area contributed by atoms with Gasteiger partial charge in [-0.2, -0.15) is 9.98 Å². The van der Waals surface area contributed by atoms with Gasteiger partial charge in [-0.1, -0.05) is 91.9 Å². The van der Waals surface area contributed by atoms with Crippen LogP contribution in [0.3, 0.4) is 0 Å². The standard InChI is InChI=1S/C26H20N2O2/c1-25(21-11-6-3-7-12-21,17-20-9-4-2-5-10-20)23-13-8-14-24-22(23)15-16-26(24,27-18-29)28-19-30/h2-16H,17H2,1H3. The van der Waals surface area contributed by atoms with Crippen molar-refractivity contribution in [1.82, 2.24) is 0 Å². The molecule has 0 saturated carbocycles. The van der Waals surface area contributed by atoms with E-state index in [9.17, 15) is 9.59 Å². The van der Waals surface area contributed by atoms with Crippen LogP contribution in [-0.2, 0) is 27.1 Å². The van der Waals surface area contributed by atoms with Crippen LogP contribution in [0.4, 0.5) is 0 Å². The van der Waals surface area contributed by atoms with Crippen LogP contribution >= 0.6 is 0 Å². The van der Waals surface area contributed by atoms with Gasteiger partial charge in [-0.3, -0.25) is 0 Å². The van der Waals surface area contributed by atoms with Gasteiger partial charge in [0.15, 0.2) is 0 Å². The van der Waals surface area contributed by atoms with Gasteiger partial charge in [0, 0.05) is 11.0 Å². The first-order valence-electron chi connectivity index (χ1n) is 9.74. The molecule has 0 heterocycles. The normalized spacial score (nSPS) is 18.6. The molecular formula is C26H20N2O2. The SMILES string of the molecule is CC(Cc1ccccc1)(c1ccccc1)c1cccc2c1C=CC2(N=C=O)N=C=O. The molecule has 0 aliphatic heterocycles. The number of isocyanates is 2. The van der Waals surface area contributed by atoms with Crippen molar-refractivity contribution in [2.24, 2.45) is 9.98 Å². The van der Waals surface area contributed by atoms with Gasteiger partial charge in [0.1, 0.15) is 0 Å².